The predicted molar refractivity (Wildman–Crippen MR) is 76.3 cm³/mol. The van der Waals surface area contributed by atoms with E-state index in [2.05, 4.69) is 4.98 Å². The highest BCUT2D eigenvalue weighted by Gasteiger charge is 2.22. The summed E-state index contributed by atoms with van der Waals surface area (Å²) in [7, 11) is 0. The van der Waals surface area contributed by atoms with Crippen molar-refractivity contribution in [3.05, 3.63) is 24.3 Å². The lowest BCUT2D eigenvalue weighted by molar-refractivity contribution is -0.142. The zero-order valence-corrected chi connectivity index (χ0v) is 11.9. The number of carboxylic acid groups (broad SMARTS) is 1. The Hall–Kier alpha value is -1.07. The lowest BCUT2D eigenvalue weighted by Gasteiger charge is -2.14. The van der Waals surface area contributed by atoms with E-state index in [0.717, 1.165) is 14.6 Å². The van der Waals surface area contributed by atoms with Crippen LogP contribution in [0.15, 0.2) is 28.6 Å². The van der Waals surface area contributed by atoms with Gasteiger partial charge in [-0.25, -0.2) is 4.98 Å². The van der Waals surface area contributed by atoms with E-state index in [1.54, 1.807) is 11.3 Å². The van der Waals surface area contributed by atoms with E-state index < -0.39 is 5.97 Å². The number of thiazole rings is 1. The van der Waals surface area contributed by atoms with Crippen LogP contribution in [0.3, 0.4) is 0 Å². The van der Waals surface area contributed by atoms with Crippen molar-refractivity contribution in [2.24, 2.45) is 11.8 Å². The molecule has 0 amide bonds. The van der Waals surface area contributed by atoms with E-state index in [1.165, 1.54) is 11.8 Å². The average molecular weight is 281 g/mol. The van der Waals surface area contributed by atoms with Crippen LogP contribution in [0.1, 0.15) is 13.8 Å². The number of hydrogen-bond donors (Lipinski definition) is 1. The second-order valence-electron chi connectivity index (χ2n) is 4.45. The van der Waals surface area contributed by atoms with Crippen LogP contribution < -0.4 is 0 Å². The summed E-state index contributed by atoms with van der Waals surface area (Å²) in [5.41, 5.74) is 0.987. The molecule has 5 heteroatoms. The van der Waals surface area contributed by atoms with Crippen LogP contribution in [0.25, 0.3) is 10.2 Å². The molecule has 0 aliphatic heterocycles. The minimum atomic E-state index is -0.724. The van der Waals surface area contributed by atoms with E-state index in [4.69, 9.17) is 5.11 Å². The fourth-order valence-corrected chi connectivity index (χ4v) is 4.04. The zero-order valence-electron chi connectivity index (χ0n) is 10.3. The minimum absolute atomic E-state index is 0.143. The second-order valence-corrected chi connectivity index (χ2v) is 6.75. The molecule has 0 spiro atoms. The summed E-state index contributed by atoms with van der Waals surface area (Å²) >= 11 is 3.16. The van der Waals surface area contributed by atoms with Gasteiger partial charge in [0.2, 0.25) is 0 Å². The molecule has 0 fully saturated rings. The summed E-state index contributed by atoms with van der Waals surface area (Å²) in [5, 5.41) is 9.13. The normalized spacial score (nSPS) is 13.1. The molecule has 0 saturated heterocycles. The Morgan fingerprint density at radius 2 is 2.17 bits per heavy atom. The summed E-state index contributed by atoms with van der Waals surface area (Å²) in [5.74, 6) is -0.322. The predicted octanol–water partition coefficient (Wildman–Crippen LogP) is 3.75. The number of rotatable bonds is 5. The number of nitrogens with zero attached hydrogens (tertiary/aromatic N) is 1. The topological polar surface area (TPSA) is 50.2 Å². The maximum Gasteiger partial charge on any atom is 0.307 e. The zero-order chi connectivity index (χ0) is 13.1. The van der Waals surface area contributed by atoms with Gasteiger partial charge in [0.05, 0.1) is 16.1 Å². The molecule has 1 heterocycles. The second kappa shape index (κ2) is 5.71. The molecule has 1 aromatic carbocycles. The molecule has 0 aliphatic carbocycles. The molecule has 2 aromatic rings. The number of carboxylic acids is 1. The van der Waals surface area contributed by atoms with Crippen LogP contribution in [0.5, 0.6) is 0 Å². The fourth-order valence-electron chi connectivity index (χ4n) is 1.62. The number of para-hydroxylation sites is 1. The lowest BCUT2D eigenvalue weighted by Crippen LogP contribution is -2.21. The first-order chi connectivity index (χ1) is 8.58. The van der Waals surface area contributed by atoms with Crippen molar-refractivity contribution < 1.29 is 9.90 Å². The summed E-state index contributed by atoms with van der Waals surface area (Å²) in [4.78, 5) is 15.6. The molecule has 1 unspecified atom stereocenters. The number of fused-ring (bicyclic) bond motifs is 1. The molecule has 0 aliphatic rings. The Bertz CT molecular complexity index is 518. The van der Waals surface area contributed by atoms with Gasteiger partial charge in [0, 0.05) is 5.75 Å². The number of hydrogen-bond acceptors (Lipinski definition) is 4. The van der Waals surface area contributed by atoms with Gasteiger partial charge in [-0.1, -0.05) is 37.7 Å². The quantitative estimate of drug-likeness (QED) is 0.848. The van der Waals surface area contributed by atoms with Gasteiger partial charge in [-0.05, 0) is 18.1 Å². The minimum Gasteiger partial charge on any atom is -0.481 e. The summed E-state index contributed by atoms with van der Waals surface area (Å²) in [6, 6.07) is 7.97. The van der Waals surface area contributed by atoms with Crippen molar-refractivity contribution in [1.82, 2.24) is 4.98 Å². The highest BCUT2D eigenvalue weighted by molar-refractivity contribution is 8.01. The molecule has 18 heavy (non-hydrogen) atoms. The van der Waals surface area contributed by atoms with Gasteiger partial charge in [-0.15, -0.1) is 11.3 Å². The van der Waals surface area contributed by atoms with E-state index in [0.29, 0.717) is 5.75 Å². The maximum atomic E-state index is 11.1. The summed E-state index contributed by atoms with van der Waals surface area (Å²) < 4.78 is 2.10. The largest absolute Gasteiger partial charge is 0.481 e. The first-order valence-electron chi connectivity index (χ1n) is 5.79. The van der Waals surface area contributed by atoms with Gasteiger partial charge >= 0.3 is 5.97 Å². The summed E-state index contributed by atoms with van der Waals surface area (Å²) in [6.07, 6.45) is 0. The van der Waals surface area contributed by atoms with Crippen LogP contribution in [-0.2, 0) is 4.79 Å². The van der Waals surface area contributed by atoms with Crippen molar-refractivity contribution in [1.29, 1.82) is 0 Å². The summed E-state index contributed by atoms with van der Waals surface area (Å²) in [6.45, 7) is 3.88. The van der Waals surface area contributed by atoms with E-state index in [1.807, 2.05) is 38.1 Å². The van der Waals surface area contributed by atoms with Crippen LogP contribution in [0, 0.1) is 11.8 Å². The number of aromatic nitrogens is 1. The third-order valence-electron chi connectivity index (χ3n) is 2.78. The first kappa shape index (κ1) is 13.4. The molecule has 0 radical (unpaired) electrons. The van der Waals surface area contributed by atoms with Gasteiger partial charge in [-0.2, -0.15) is 0 Å². The van der Waals surface area contributed by atoms with Crippen molar-refractivity contribution in [2.75, 3.05) is 5.75 Å². The van der Waals surface area contributed by atoms with Gasteiger partial charge < -0.3 is 5.11 Å². The molecule has 0 saturated carbocycles. The highest BCUT2D eigenvalue weighted by atomic mass is 32.2. The van der Waals surface area contributed by atoms with Crippen molar-refractivity contribution in [3.63, 3.8) is 0 Å². The third-order valence-corrected chi connectivity index (χ3v) is 5.08. The molecule has 2 rings (SSSR count). The number of carbonyl (C=O) groups is 1. The molecule has 3 nitrogen and oxygen atoms in total. The maximum absolute atomic E-state index is 11.1. The van der Waals surface area contributed by atoms with E-state index in [-0.39, 0.29) is 11.8 Å². The van der Waals surface area contributed by atoms with Gasteiger partial charge in [0.25, 0.3) is 0 Å². The number of aliphatic carboxylic acids is 1. The van der Waals surface area contributed by atoms with Crippen molar-refractivity contribution in [3.8, 4) is 0 Å². The molecule has 1 atom stereocenters. The fraction of sp³-hybridized carbons (Fsp3) is 0.385. The monoisotopic (exact) mass is 281 g/mol. The molecule has 1 aromatic heterocycles. The van der Waals surface area contributed by atoms with Crippen molar-refractivity contribution >= 4 is 39.3 Å². The molecule has 1 N–H and O–H groups in total. The molecular formula is C13H15NO2S2. The molecular weight excluding hydrogens is 266 g/mol. The van der Waals surface area contributed by atoms with Crippen LogP contribution >= 0.6 is 23.1 Å². The smallest absolute Gasteiger partial charge is 0.307 e. The standard InChI is InChI=1S/C13H15NO2S2/c1-8(2)9(12(15)16)7-17-13-14-10-5-3-4-6-11(10)18-13/h3-6,8-9H,7H2,1-2H3,(H,15,16). The van der Waals surface area contributed by atoms with Crippen LogP contribution in [0.4, 0.5) is 0 Å². The Morgan fingerprint density at radius 1 is 1.44 bits per heavy atom. The number of benzene rings is 1. The van der Waals surface area contributed by atoms with E-state index >= 15 is 0 Å². The Morgan fingerprint density at radius 3 is 2.78 bits per heavy atom. The van der Waals surface area contributed by atoms with Crippen LogP contribution in [-0.4, -0.2) is 21.8 Å². The molecule has 96 valence electrons. The Kier molecular flexibility index (Phi) is 4.24. The van der Waals surface area contributed by atoms with Gasteiger partial charge in [0.1, 0.15) is 0 Å². The third kappa shape index (κ3) is 3.03. The van der Waals surface area contributed by atoms with Crippen molar-refractivity contribution in [2.45, 2.75) is 18.2 Å². The van der Waals surface area contributed by atoms with Crippen LogP contribution in [0.2, 0.25) is 0 Å². The van der Waals surface area contributed by atoms with Gasteiger partial charge in [-0.3, -0.25) is 4.79 Å². The van der Waals surface area contributed by atoms with E-state index in [9.17, 15) is 4.79 Å². The average Bonchev–Trinajstić information content (AvgIpc) is 2.70. The highest BCUT2D eigenvalue weighted by Crippen LogP contribution is 2.31. The first-order valence-corrected chi connectivity index (χ1v) is 7.59. The molecule has 0 bridgehead atoms. The van der Waals surface area contributed by atoms with Gasteiger partial charge in [0.15, 0.2) is 4.34 Å². The lowest BCUT2D eigenvalue weighted by atomic mass is 9.98. The Balaban J connectivity index is 2.07. The number of thioether (sulfide) groups is 1. The SMILES string of the molecule is CC(C)C(CSc1nc2ccccc2s1)C(=O)O. The Labute approximate surface area is 114 Å².